The summed E-state index contributed by atoms with van der Waals surface area (Å²) >= 11 is 0. The molecule has 1 unspecified atom stereocenters. The fourth-order valence-electron chi connectivity index (χ4n) is 1.81. The highest BCUT2D eigenvalue weighted by atomic mass is 16.1. The van der Waals surface area contributed by atoms with Crippen molar-refractivity contribution in [2.75, 3.05) is 19.6 Å². The van der Waals surface area contributed by atoms with E-state index in [0.29, 0.717) is 12.6 Å². The van der Waals surface area contributed by atoms with Gasteiger partial charge in [-0.1, -0.05) is 19.9 Å². The van der Waals surface area contributed by atoms with Gasteiger partial charge in [-0.15, -0.1) is 0 Å². The lowest BCUT2D eigenvalue weighted by Crippen LogP contribution is -2.39. The van der Waals surface area contributed by atoms with E-state index >= 15 is 0 Å². The third kappa shape index (κ3) is 5.15. The van der Waals surface area contributed by atoms with Crippen molar-refractivity contribution in [3.63, 3.8) is 0 Å². The van der Waals surface area contributed by atoms with Crippen LogP contribution in [0, 0.1) is 0 Å². The summed E-state index contributed by atoms with van der Waals surface area (Å²) in [5.41, 5.74) is 0.893. The fraction of sp³-hybridized carbons (Fsp3) is 0.615. The van der Waals surface area contributed by atoms with Gasteiger partial charge in [0, 0.05) is 30.9 Å². The Kier molecular flexibility index (Phi) is 5.94. The Morgan fingerprint density at radius 3 is 2.65 bits per heavy atom. The molecule has 1 aromatic rings. The van der Waals surface area contributed by atoms with Crippen molar-refractivity contribution < 1.29 is 0 Å². The summed E-state index contributed by atoms with van der Waals surface area (Å²) in [6.45, 7) is 10.4. The molecule has 0 fully saturated rings. The van der Waals surface area contributed by atoms with Gasteiger partial charge in [0.05, 0.1) is 0 Å². The molecule has 2 N–H and O–H groups in total. The van der Waals surface area contributed by atoms with Crippen molar-refractivity contribution in [1.82, 2.24) is 15.2 Å². The third-order valence-corrected chi connectivity index (χ3v) is 2.90. The topological polar surface area (TPSA) is 48.1 Å². The highest BCUT2D eigenvalue weighted by Gasteiger charge is 2.06. The van der Waals surface area contributed by atoms with Gasteiger partial charge in [-0.05, 0) is 26.1 Å². The molecule has 0 amide bonds. The smallest absolute Gasteiger partial charge is 0.248 e. The van der Waals surface area contributed by atoms with Crippen LogP contribution in [-0.2, 0) is 6.54 Å². The molecule has 0 aromatic carbocycles. The quantitative estimate of drug-likeness (QED) is 0.749. The summed E-state index contributed by atoms with van der Waals surface area (Å²) in [5.74, 6) is 0. The van der Waals surface area contributed by atoms with Crippen LogP contribution in [0.25, 0.3) is 0 Å². The minimum Gasteiger partial charge on any atom is -0.325 e. The first-order chi connectivity index (χ1) is 8.15. The second kappa shape index (κ2) is 7.25. The Balaban J connectivity index is 2.37. The van der Waals surface area contributed by atoms with E-state index in [4.69, 9.17) is 0 Å². The van der Waals surface area contributed by atoms with Crippen LogP contribution in [0.1, 0.15) is 26.5 Å². The standard InChI is InChI=1S/C13H23N3O/c1-4-16(5-2)10-11(3)14-9-12-7-6-8-13(17)15-12/h6-8,11,14H,4-5,9-10H2,1-3H3,(H,15,17). The Morgan fingerprint density at radius 2 is 2.06 bits per heavy atom. The lowest BCUT2D eigenvalue weighted by atomic mass is 10.2. The molecule has 0 aliphatic carbocycles. The molecule has 0 saturated heterocycles. The maximum absolute atomic E-state index is 11.1. The van der Waals surface area contributed by atoms with Crippen molar-refractivity contribution in [2.24, 2.45) is 0 Å². The van der Waals surface area contributed by atoms with Gasteiger partial charge in [0.25, 0.3) is 0 Å². The number of hydrogen-bond acceptors (Lipinski definition) is 3. The zero-order chi connectivity index (χ0) is 12.7. The van der Waals surface area contributed by atoms with E-state index in [1.54, 1.807) is 6.07 Å². The van der Waals surface area contributed by atoms with Crippen LogP contribution in [0.3, 0.4) is 0 Å². The Morgan fingerprint density at radius 1 is 1.35 bits per heavy atom. The minimum absolute atomic E-state index is 0.0410. The molecule has 0 saturated carbocycles. The molecule has 4 heteroatoms. The van der Waals surface area contributed by atoms with Crippen molar-refractivity contribution in [3.8, 4) is 0 Å². The molecule has 1 rings (SSSR count). The van der Waals surface area contributed by atoms with Gasteiger partial charge in [-0.25, -0.2) is 0 Å². The van der Waals surface area contributed by atoms with Crippen LogP contribution in [-0.4, -0.2) is 35.6 Å². The lowest BCUT2D eigenvalue weighted by Gasteiger charge is -2.23. The van der Waals surface area contributed by atoms with Crippen molar-refractivity contribution in [1.29, 1.82) is 0 Å². The number of aromatic amines is 1. The van der Waals surface area contributed by atoms with Gasteiger partial charge in [0.1, 0.15) is 0 Å². The van der Waals surface area contributed by atoms with Crippen LogP contribution < -0.4 is 10.9 Å². The van der Waals surface area contributed by atoms with Gasteiger partial charge in [0.2, 0.25) is 5.56 Å². The number of hydrogen-bond donors (Lipinski definition) is 2. The van der Waals surface area contributed by atoms with E-state index in [2.05, 4.69) is 36.0 Å². The van der Waals surface area contributed by atoms with Gasteiger partial charge < -0.3 is 15.2 Å². The van der Waals surface area contributed by atoms with E-state index in [0.717, 1.165) is 25.3 Å². The Hall–Kier alpha value is -1.13. The zero-order valence-corrected chi connectivity index (χ0v) is 11.0. The van der Waals surface area contributed by atoms with Gasteiger partial charge in [0.15, 0.2) is 0 Å². The van der Waals surface area contributed by atoms with E-state index in [9.17, 15) is 4.79 Å². The highest BCUT2D eigenvalue weighted by Crippen LogP contribution is 1.94. The maximum atomic E-state index is 11.1. The molecule has 0 aliphatic rings. The second-order valence-corrected chi connectivity index (χ2v) is 4.31. The molecule has 0 aliphatic heterocycles. The molecule has 0 spiro atoms. The van der Waals surface area contributed by atoms with Crippen LogP contribution in [0.4, 0.5) is 0 Å². The summed E-state index contributed by atoms with van der Waals surface area (Å²) in [4.78, 5) is 16.3. The molecular weight excluding hydrogens is 214 g/mol. The zero-order valence-electron chi connectivity index (χ0n) is 11.0. The largest absolute Gasteiger partial charge is 0.325 e. The van der Waals surface area contributed by atoms with Crippen molar-refractivity contribution in [2.45, 2.75) is 33.4 Å². The Bertz CT molecular complexity index is 371. The van der Waals surface area contributed by atoms with Crippen LogP contribution in [0.15, 0.2) is 23.0 Å². The van der Waals surface area contributed by atoms with E-state index in [1.807, 2.05) is 6.07 Å². The van der Waals surface area contributed by atoms with Crippen molar-refractivity contribution >= 4 is 0 Å². The summed E-state index contributed by atoms with van der Waals surface area (Å²) in [6.07, 6.45) is 0. The SMILES string of the molecule is CCN(CC)CC(C)NCc1cccc(=O)[nH]1. The molecule has 0 bridgehead atoms. The monoisotopic (exact) mass is 237 g/mol. The minimum atomic E-state index is -0.0410. The van der Waals surface area contributed by atoms with Gasteiger partial charge >= 0.3 is 0 Å². The number of nitrogens with one attached hydrogen (secondary N) is 2. The lowest BCUT2D eigenvalue weighted by molar-refractivity contribution is 0.270. The molecule has 4 nitrogen and oxygen atoms in total. The molecule has 17 heavy (non-hydrogen) atoms. The third-order valence-electron chi connectivity index (χ3n) is 2.90. The van der Waals surface area contributed by atoms with Crippen LogP contribution in [0.2, 0.25) is 0 Å². The fourth-order valence-corrected chi connectivity index (χ4v) is 1.81. The molecule has 1 atom stereocenters. The average Bonchev–Trinajstić information content (AvgIpc) is 2.33. The molecule has 1 heterocycles. The number of aromatic nitrogens is 1. The highest BCUT2D eigenvalue weighted by molar-refractivity contribution is 5.03. The number of H-pyrrole nitrogens is 1. The average molecular weight is 237 g/mol. The van der Waals surface area contributed by atoms with Gasteiger partial charge in [-0.2, -0.15) is 0 Å². The molecule has 1 aromatic heterocycles. The van der Waals surface area contributed by atoms with E-state index < -0.39 is 0 Å². The maximum Gasteiger partial charge on any atom is 0.248 e. The Labute approximate surface area is 103 Å². The predicted octanol–water partition coefficient (Wildman–Crippen LogP) is 1.19. The predicted molar refractivity (Wildman–Crippen MR) is 71.2 cm³/mol. The van der Waals surface area contributed by atoms with E-state index in [-0.39, 0.29) is 5.56 Å². The summed E-state index contributed by atoms with van der Waals surface area (Å²) < 4.78 is 0. The van der Waals surface area contributed by atoms with Crippen molar-refractivity contribution in [3.05, 3.63) is 34.2 Å². The second-order valence-electron chi connectivity index (χ2n) is 4.31. The normalized spacial score (nSPS) is 12.9. The summed E-state index contributed by atoms with van der Waals surface area (Å²) in [7, 11) is 0. The molecule has 96 valence electrons. The number of rotatable bonds is 7. The van der Waals surface area contributed by atoms with Crippen LogP contribution in [0.5, 0.6) is 0 Å². The van der Waals surface area contributed by atoms with Crippen LogP contribution >= 0.6 is 0 Å². The summed E-state index contributed by atoms with van der Waals surface area (Å²) in [6, 6.07) is 5.66. The molecular formula is C13H23N3O. The van der Waals surface area contributed by atoms with E-state index in [1.165, 1.54) is 6.07 Å². The van der Waals surface area contributed by atoms with Gasteiger partial charge in [-0.3, -0.25) is 4.79 Å². The first kappa shape index (κ1) is 13.9. The number of likely N-dealkylation sites (N-methyl/N-ethyl adjacent to an activating group) is 1. The first-order valence-corrected chi connectivity index (χ1v) is 6.29. The number of nitrogens with zero attached hydrogens (tertiary/aromatic N) is 1. The number of pyridine rings is 1. The molecule has 0 radical (unpaired) electrons. The first-order valence-electron chi connectivity index (χ1n) is 6.29. The summed E-state index contributed by atoms with van der Waals surface area (Å²) in [5, 5.41) is 3.41.